The van der Waals surface area contributed by atoms with Crippen molar-refractivity contribution < 1.29 is 22.4 Å². The number of rotatable bonds is 6. The van der Waals surface area contributed by atoms with Crippen molar-refractivity contribution in [1.29, 1.82) is 0 Å². The van der Waals surface area contributed by atoms with Gasteiger partial charge in [-0.2, -0.15) is 0 Å². The molecule has 1 atom stereocenters. The summed E-state index contributed by atoms with van der Waals surface area (Å²) in [6.07, 6.45) is 3.92. The summed E-state index contributed by atoms with van der Waals surface area (Å²) in [7, 11) is 0. The molecule has 1 saturated heterocycles. The van der Waals surface area contributed by atoms with Crippen molar-refractivity contribution in [2.75, 3.05) is 31.1 Å². The van der Waals surface area contributed by atoms with Crippen molar-refractivity contribution in [1.82, 2.24) is 25.2 Å². The second-order valence-electron chi connectivity index (χ2n) is 10.3. The predicted octanol–water partition coefficient (Wildman–Crippen LogP) is 3.32. The molecule has 3 aliphatic rings. The summed E-state index contributed by atoms with van der Waals surface area (Å²) < 4.78 is 56.7. The van der Waals surface area contributed by atoms with Gasteiger partial charge in [0.05, 0.1) is 23.3 Å². The Morgan fingerprint density at radius 3 is 2.53 bits per heavy atom. The smallest absolute Gasteiger partial charge is 0.273 e. The Hall–Kier alpha value is -3.54. The maximum absolute atomic E-state index is 15.2. The molecule has 12 heteroatoms. The van der Waals surface area contributed by atoms with E-state index in [9.17, 15) is 22.8 Å². The van der Waals surface area contributed by atoms with Crippen LogP contribution in [0.2, 0.25) is 0 Å². The van der Waals surface area contributed by atoms with E-state index in [2.05, 4.69) is 20.3 Å². The molecule has 0 unspecified atom stereocenters. The Balaban J connectivity index is 1.10. The number of alkyl halides is 2. The van der Waals surface area contributed by atoms with Crippen LogP contribution in [0.5, 0.6) is 0 Å². The number of carbonyl (C=O) groups is 1. The van der Waals surface area contributed by atoms with E-state index in [1.807, 2.05) is 9.80 Å². The van der Waals surface area contributed by atoms with E-state index in [-0.39, 0.29) is 35.0 Å². The van der Waals surface area contributed by atoms with E-state index in [0.29, 0.717) is 37.4 Å². The number of pyridine rings is 1. The molecule has 0 spiro atoms. The van der Waals surface area contributed by atoms with Gasteiger partial charge in [-0.25, -0.2) is 27.5 Å². The molecule has 2 aromatic heterocycles. The SMILES string of the molecule is O=C(NC1CCC1)c1ncc(N2CCN(Cc3ccc4nc([C@H]5CC5(F)F)c(=O)[nH]c4c3F)CC2)cc1F. The van der Waals surface area contributed by atoms with E-state index in [4.69, 9.17) is 0 Å². The summed E-state index contributed by atoms with van der Waals surface area (Å²) >= 11 is 0. The lowest BCUT2D eigenvalue weighted by Gasteiger charge is -2.36. The number of halogens is 4. The third-order valence-corrected chi connectivity index (χ3v) is 7.68. The maximum Gasteiger partial charge on any atom is 0.273 e. The zero-order chi connectivity index (χ0) is 26.6. The van der Waals surface area contributed by atoms with Gasteiger partial charge in [-0.15, -0.1) is 0 Å². The monoisotopic (exact) mass is 530 g/mol. The molecule has 0 radical (unpaired) electrons. The Kier molecular flexibility index (Phi) is 6.09. The number of aromatic nitrogens is 3. The predicted molar refractivity (Wildman–Crippen MR) is 131 cm³/mol. The van der Waals surface area contributed by atoms with E-state index in [1.165, 1.54) is 18.3 Å². The summed E-state index contributed by atoms with van der Waals surface area (Å²) in [6.45, 7) is 2.48. The van der Waals surface area contributed by atoms with Gasteiger partial charge in [0.2, 0.25) is 0 Å². The van der Waals surface area contributed by atoms with Crippen LogP contribution in [0, 0.1) is 11.6 Å². The molecule has 1 aromatic carbocycles. The average Bonchev–Trinajstić information content (AvgIpc) is 3.51. The number of carbonyl (C=O) groups excluding carboxylic acids is 1. The molecule has 0 bridgehead atoms. The number of hydrogen-bond donors (Lipinski definition) is 2. The lowest BCUT2D eigenvalue weighted by Crippen LogP contribution is -2.46. The van der Waals surface area contributed by atoms with Gasteiger partial charge in [0, 0.05) is 56.8 Å². The summed E-state index contributed by atoms with van der Waals surface area (Å²) in [5, 5.41) is 2.79. The fraction of sp³-hybridized carbons (Fsp3) is 0.462. The second-order valence-corrected chi connectivity index (χ2v) is 10.3. The molecule has 3 fully saturated rings. The number of benzene rings is 1. The normalized spacial score (nSPS) is 21.4. The van der Waals surface area contributed by atoms with Crippen LogP contribution in [0.4, 0.5) is 23.2 Å². The van der Waals surface area contributed by atoms with E-state index < -0.39 is 41.4 Å². The quantitative estimate of drug-likeness (QED) is 0.475. The van der Waals surface area contributed by atoms with Crippen molar-refractivity contribution in [3.63, 3.8) is 0 Å². The number of aromatic amines is 1. The maximum atomic E-state index is 15.2. The molecular weight excluding hydrogens is 504 g/mol. The first-order chi connectivity index (χ1) is 18.2. The number of nitrogens with one attached hydrogen (secondary N) is 2. The summed E-state index contributed by atoms with van der Waals surface area (Å²) in [6, 6.07) is 4.49. The summed E-state index contributed by atoms with van der Waals surface area (Å²) in [4.78, 5) is 39.0. The average molecular weight is 531 g/mol. The molecule has 8 nitrogen and oxygen atoms in total. The van der Waals surface area contributed by atoms with E-state index in [0.717, 1.165) is 19.3 Å². The van der Waals surface area contributed by atoms with Crippen LogP contribution in [-0.4, -0.2) is 63.9 Å². The summed E-state index contributed by atoms with van der Waals surface area (Å²) in [5.74, 6) is -5.97. The van der Waals surface area contributed by atoms with Crippen LogP contribution in [0.3, 0.4) is 0 Å². The Morgan fingerprint density at radius 2 is 1.89 bits per heavy atom. The van der Waals surface area contributed by atoms with Crippen molar-refractivity contribution in [2.24, 2.45) is 0 Å². The van der Waals surface area contributed by atoms with E-state index >= 15 is 4.39 Å². The number of fused-ring (bicyclic) bond motifs is 1. The van der Waals surface area contributed by atoms with Gasteiger partial charge in [-0.05, 0) is 25.3 Å². The van der Waals surface area contributed by atoms with Gasteiger partial charge >= 0.3 is 0 Å². The highest BCUT2D eigenvalue weighted by atomic mass is 19.3. The van der Waals surface area contributed by atoms with Crippen LogP contribution in [0.25, 0.3) is 11.0 Å². The fourth-order valence-corrected chi connectivity index (χ4v) is 5.03. The fourth-order valence-electron chi connectivity index (χ4n) is 5.03. The van der Waals surface area contributed by atoms with E-state index in [1.54, 1.807) is 6.07 Å². The number of H-pyrrole nitrogens is 1. The molecule has 200 valence electrons. The highest BCUT2D eigenvalue weighted by Crippen LogP contribution is 2.54. The number of anilines is 1. The lowest BCUT2D eigenvalue weighted by molar-refractivity contribution is 0.0907. The van der Waals surface area contributed by atoms with Gasteiger partial charge < -0.3 is 15.2 Å². The first-order valence-electron chi connectivity index (χ1n) is 12.7. The van der Waals surface area contributed by atoms with Crippen LogP contribution < -0.4 is 15.8 Å². The molecule has 1 amide bonds. The summed E-state index contributed by atoms with van der Waals surface area (Å²) in [5.41, 5.74) is -0.311. The van der Waals surface area contributed by atoms with Gasteiger partial charge in [0.25, 0.3) is 17.4 Å². The molecule has 2 saturated carbocycles. The highest BCUT2D eigenvalue weighted by Gasteiger charge is 2.59. The zero-order valence-corrected chi connectivity index (χ0v) is 20.4. The van der Waals surface area contributed by atoms with Gasteiger partial charge in [0.1, 0.15) is 11.2 Å². The topological polar surface area (TPSA) is 94.2 Å². The number of amides is 1. The largest absolute Gasteiger partial charge is 0.368 e. The Labute approximate surface area is 215 Å². The molecule has 38 heavy (non-hydrogen) atoms. The van der Waals surface area contributed by atoms with Crippen LogP contribution in [0.1, 0.15) is 53.3 Å². The molecule has 2 N–H and O–H groups in total. The number of nitrogens with zero attached hydrogens (tertiary/aromatic N) is 4. The molecule has 1 aliphatic heterocycles. The minimum absolute atomic E-state index is 0.0913. The second kappa shape index (κ2) is 9.33. The molecule has 6 rings (SSSR count). The standard InChI is InChI=1S/C26H26F4N6O2/c27-18-10-16(12-31-22(18)25(38)32-15-2-1-3-15)36-8-6-35(7-9-36)13-14-4-5-19-23(20(14)28)34-24(37)21(33-19)17-11-26(17,29)30/h4-5,10,12,15,17H,1-3,6-9,11,13H2,(H,32,38)(H,34,37)/t17-/m1/s1. The van der Waals surface area contributed by atoms with Crippen molar-refractivity contribution in [2.45, 2.75) is 50.1 Å². The lowest BCUT2D eigenvalue weighted by atomic mass is 9.93. The minimum Gasteiger partial charge on any atom is -0.368 e. The first-order valence-corrected chi connectivity index (χ1v) is 12.7. The van der Waals surface area contributed by atoms with Crippen LogP contribution in [-0.2, 0) is 6.54 Å². The molecular formula is C26H26F4N6O2. The third-order valence-electron chi connectivity index (χ3n) is 7.68. The van der Waals surface area contributed by atoms with Crippen molar-refractivity contribution in [3.8, 4) is 0 Å². The molecule has 2 aliphatic carbocycles. The number of hydrogen-bond acceptors (Lipinski definition) is 6. The zero-order valence-electron chi connectivity index (χ0n) is 20.4. The van der Waals surface area contributed by atoms with Gasteiger partial charge in [-0.1, -0.05) is 6.07 Å². The molecule has 3 aromatic rings. The van der Waals surface area contributed by atoms with Crippen LogP contribution >= 0.6 is 0 Å². The van der Waals surface area contributed by atoms with Gasteiger partial charge in [-0.3, -0.25) is 14.5 Å². The van der Waals surface area contributed by atoms with Crippen molar-refractivity contribution in [3.05, 3.63) is 63.3 Å². The first kappa shape index (κ1) is 24.8. The number of piperazine rings is 1. The van der Waals surface area contributed by atoms with Crippen LogP contribution in [0.15, 0.2) is 29.2 Å². The van der Waals surface area contributed by atoms with Gasteiger partial charge in [0.15, 0.2) is 17.3 Å². The third kappa shape index (κ3) is 4.61. The minimum atomic E-state index is -2.94. The van der Waals surface area contributed by atoms with Crippen molar-refractivity contribution >= 4 is 22.6 Å². The Morgan fingerprint density at radius 1 is 1.16 bits per heavy atom. The Bertz CT molecular complexity index is 1470. The molecule has 3 heterocycles. The highest BCUT2D eigenvalue weighted by molar-refractivity contribution is 5.93.